The minimum atomic E-state index is -0.331. The average Bonchev–Trinajstić information content (AvgIpc) is 3.35. The summed E-state index contributed by atoms with van der Waals surface area (Å²) in [5.41, 5.74) is -0.652. The third-order valence-electron chi connectivity index (χ3n) is 6.62. The maximum Gasteiger partial charge on any atom is 0.0909 e. The quantitative estimate of drug-likeness (QED) is 0.454. The van der Waals surface area contributed by atoms with Crippen LogP contribution in [0.2, 0.25) is 0 Å². The second-order valence-corrected chi connectivity index (χ2v) is 9.31. The zero-order valence-electron chi connectivity index (χ0n) is 18.2. The fourth-order valence-corrected chi connectivity index (χ4v) is 3.81. The van der Waals surface area contributed by atoms with E-state index in [1.54, 1.807) is 0 Å². The van der Waals surface area contributed by atoms with Gasteiger partial charge in [-0.3, -0.25) is 0 Å². The van der Waals surface area contributed by atoms with E-state index in [0.717, 1.165) is 39.1 Å². The summed E-state index contributed by atoms with van der Waals surface area (Å²) < 4.78 is 24.1. The van der Waals surface area contributed by atoms with Crippen LogP contribution in [0.3, 0.4) is 0 Å². The van der Waals surface area contributed by atoms with Gasteiger partial charge in [0, 0.05) is 6.61 Å². The van der Waals surface area contributed by atoms with E-state index in [0.29, 0.717) is 30.1 Å². The highest BCUT2D eigenvalue weighted by Crippen LogP contribution is 2.40. The Bertz CT molecular complexity index is 420. The average molecular weight is 371 g/mol. The monoisotopic (exact) mass is 370 g/mol. The molecular weight excluding hydrogens is 328 g/mol. The van der Waals surface area contributed by atoms with Crippen LogP contribution in [-0.2, 0) is 18.9 Å². The first-order chi connectivity index (χ1) is 12.2. The predicted octanol–water partition coefficient (Wildman–Crippen LogP) is 4.99. The van der Waals surface area contributed by atoms with Crippen LogP contribution in [0, 0.1) is 11.8 Å². The van der Waals surface area contributed by atoms with E-state index in [-0.39, 0.29) is 11.2 Å². The highest BCUT2D eigenvalue weighted by Gasteiger charge is 2.45. The van der Waals surface area contributed by atoms with E-state index in [1.807, 2.05) is 0 Å². The van der Waals surface area contributed by atoms with Gasteiger partial charge in [-0.05, 0) is 79.1 Å². The highest BCUT2D eigenvalue weighted by molar-refractivity contribution is 4.94. The highest BCUT2D eigenvalue weighted by atomic mass is 16.6. The fraction of sp³-hybridized carbons (Fsp3) is 1.00. The van der Waals surface area contributed by atoms with Gasteiger partial charge in [0.25, 0.3) is 0 Å². The first-order valence-electron chi connectivity index (χ1n) is 10.7. The van der Waals surface area contributed by atoms with Gasteiger partial charge in [-0.25, -0.2) is 0 Å². The zero-order valence-corrected chi connectivity index (χ0v) is 18.2. The van der Waals surface area contributed by atoms with Gasteiger partial charge >= 0.3 is 0 Å². The number of epoxide rings is 1. The minimum Gasteiger partial charge on any atom is -0.379 e. The molecule has 2 rings (SSSR count). The zero-order chi connectivity index (χ0) is 19.4. The lowest BCUT2D eigenvalue weighted by Crippen LogP contribution is -2.50. The molecule has 0 bridgehead atoms. The SMILES string of the molecule is CCOC(C)CC(CC)COC(C)(C)C(C)(C)OCC1CCC2OC2C1. The number of hydrogen-bond donors (Lipinski definition) is 0. The van der Waals surface area contributed by atoms with Gasteiger partial charge in [-0.2, -0.15) is 0 Å². The summed E-state index contributed by atoms with van der Waals surface area (Å²) in [6, 6.07) is 0. The number of hydrogen-bond acceptors (Lipinski definition) is 4. The summed E-state index contributed by atoms with van der Waals surface area (Å²) >= 11 is 0. The van der Waals surface area contributed by atoms with E-state index in [9.17, 15) is 0 Å². The Kier molecular flexibility index (Phi) is 7.97. The molecule has 0 amide bonds. The molecule has 5 unspecified atom stereocenters. The first kappa shape index (κ1) is 22.1. The largest absolute Gasteiger partial charge is 0.379 e. The summed E-state index contributed by atoms with van der Waals surface area (Å²) in [6.07, 6.45) is 7.12. The molecule has 5 atom stereocenters. The number of rotatable bonds is 12. The molecule has 0 aromatic carbocycles. The Morgan fingerprint density at radius 1 is 1.00 bits per heavy atom. The molecule has 1 aliphatic carbocycles. The Balaban J connectivity index is 1.77. The molecule has 4 heteroatoms. The lowest BCUT2D eigenvalue weighted by molar-refractivity contribution is -0.188. The van der Waals surface area contributed by atoms with Crippen molar-refractivity contribution in [1.82, 2.24) is 0 Å². The molecule has 0 aromatic rings. The Morgan fingerprint density at radius 2 is 1.69 bits per heavy atom. The maximum atomic E-state index is 6.39. The number of fused-ring (bicyclic) bond motifs is 1. The molecule has 0 aromatic heterocycles. The van der Waals surface area contributed by atoms with Crippen molar-refractivity contribution in [3.8, 4) is 0 Å². The second kappa shape index (κ2) is 9.36. The lowest BCUT2D eigenvalue weighted by atomic mass is 9.87. The molecule has 0 spiro atoms. The number of ether oxygens (including phenoxy) is 4. The van der Waals surface area contributed by atoms with E-state index in [1.165, 1.54) is 12.8 Å². The van der Waals surface area contributed by atoms with Gasteiger partial charge < -0.3 is 18.9 Å². The van der Waals surface area contributed by atoms with Crippen LogP contribution in [0.25, 0.3) is 0 Å². The summed E-state index contributed by atoms with van der Waals surface area (Å²) in [5, 5.41) is 0. The van der Waals surface area contributed by atoms with Crippen molar-refractivity contribution in [2.24, 2.45) is 11.8 Å². The van der Waals surface area contributed by atoms with Crippen molar-refractivity contribution in [3.05, 3.63) is 0 Å². The van der Waals surface area contributed by atoms with Crippen molar-refractivity contribution in [3.63, 3.8) is 0 Å². The van der Waals surface area contributed by atoms with Crippen molar-refractivity contribution in [1.29, 1.82) is 0 Å². The molecular formula is C22H42O4. The van der Waals surface area contributed by atoms with Crippen molar-refractivity contribution >= 4 is 0 Å². The van der Waals surface area contributed by atoms with E-state index >= 15 is 0 Å². The molecule has 2 fully saturated rings. The molecule has 1 heterocycles. The van der Waals surface area contributed by atoms with Crippen LogP contribution in [-0.4, -0.2) is 49.3 Å². The van der Waals surface area contributed by atoms with Crippen molar-refractivity contribution in [2.45, 2.75) is 110 Å². The third kappa shape index (κ3) is 6.19. The topological polar surface area (TPSA) is 40.2 Å². The molecule has 1 saturated heterocycles. The summed E-state index contributed by atoms with van der Waals surface area (Å²) in [4.78, 5) is 0. The molecule has 26 heavy (non-hydrogen) atoms. The van der Waals surface area contributed by atoms with Crippen LogP contribution < -0.4 is 0 Å². The van der Waals surface area contributed by atoms with Crippen LogP contribution in [0.1, 0.15) is 80.6 Å². The van der Waals surface area contributed by atoms with Crippen LogP contribution in [0.5, 0.6) is 0 Å². The van der Waals surface area contributed by atoms with Gasteiger partial charge in [-0.15, -0.1) is 0 Å². The molecule has 1 saturated carbocycles. The van der Waals surface area contributed by atoms with Gasteiger partial charge in [0.15, 0.2) is 0 Å². The Labute approximate surface area is 161 Å². The minimum absolute atomic E-state index is 0.292. The smallest absolute Gasteiger partial charge is 0.0909 e. The van der Waals surface area contributed by atoms with E-state index < -0.39 is 0 Å². The van der Waals surface area contributed by atoms with Crippen molar-refractivity contribution in [2.75, 3.05) is 19.8 Å². The predicted molar refractivity (Wildman–Crippen MR) is 106 cm³/mol. The second-order valence-electron chi connectivity index (χ2n) is 9.31. The first-order valence-corrected chi connectivity index (χ1v) is 10.7. The fourth-order valence-electron chi connectivity index (χ4n) is 3.81. The molecule has 1 aliphatic heterocycles. The van der Waals surface area contributed by atoms with Gasteiger partial charge in [0.05, 0.1) is 42.7 Å². The standard InChI is InChI=1S/C22H42O4/c1-8-17(12-16(3)23-9-2)14-24-21(4,5)22(6,7)25-15-18-10-11-19-20(13-18)26-19/h16-20H,8-15H2,1-7H3. The molecule has 0 N–H and O–H groups in total. The Hall–Kier alpha value is -0.160. The van der Waals surface area contributed by atoms with Crippen molar-refractivity contribution < 1.29 is 18.9 Å². The molecule has 2 aliphatic rings. The normalized spacial score (nSPS) is 28.5. The van der Waals surface area contributed by atoms with Gasteiger partial charge in [-0.1, -0.05) is 13.3 Å². The van der Waals surface area contributed by atoms with E-state index in [4.69, 9.17) is 18.9 Å². The third-order valence-corrected chi connectivity index (χ3v) is 6.62. The van der Waals surface area contributed by atoms with E-state index in [2.05, 4.69) is 48.5 Å². The summed E-state index contributed by atoms with van der Waals surface area (Å²) in [6.45, 7) is 17.4. The van der Waals surface area contributed by atoms with Crippen LogP contribution in [0.15, 0.2) is 0 Å². The van der Waals surface area contributed by atoms with Gasteiger partial charge in [0.1, 0.15) is 0 Å². The summed E-state index contributed by atoms with van der Waals surface area (Å²) in [5.74, 6) is 1.15. The molecule has 154 valence electrons. The maximum absolute atomic E-state index is 6.39. The Morgan fingerprint density at radius 3 is 2.31 bits per heavy atom. The lowest BCUT2D eigenvalue weighted by Gasteiger charge is -2.42. The van der Waals surface area contributed by atoms with Gasteiger partial charge in [0.2, 0.25) is 0 Å². The van der Waals surface area contributed by atoms with Crippen LogP contribution in [0.4, 0.5) is 0 Å². The summed E-state index contributed by atoms with van der Waals surface area (Å²) in [7, 11) is 0. The molecule has 0 radical (unpaired) electrons. The van der Waals surface area contributed by atoms with Crippen LogP contribution >= 0.6 is 0 Å². The molecule has 4 nitrogen and oxygen atoms in total.